The third kappa shape index (κ3) is 2.94. The fraction of sp³-hybridized carbons (Fsp3) is 0.0714. The van der Waals surface area contributed by atoms with E-state index in [1.165, 1.54) is 0 Å². The molecule has 4 heteroatoms. The number of fused-ring (bicyclic) bond motifs is 3. The number of nitrogens with zero attached hydrogens (tertiary/aromatic N) is 3. The summed E-state index contributed by atoms with van der Waals surface area (Å²) in [5.74, 6) is 0. The molecule has 0 unspecified atom stereocenters. The number of allylic oxidation sites excluding steroid dienone is 3. The summed E-state index contributed by atoms with van der Waals surface area (Å²) in [5.41, 5.74) is 4.63. The molecule has 0 saturated carbocycles. The number of halogens is 1. The molecule has 0 atom stereocenters. The molecule has 0 amide bonds. The topological polar surface area (TPSA) is 30.7 Å². The first-order chi connectivity index (χ1) is 15.7. The van der Waals surface area contributed by atoms with Crippen LogP contribution >= 0.6 is 15.9 Å². The molecule has 0 spiro atoms. The number of benzene rings is 2. The number of pyridine rings is 2. The van der Waals surface area contributed by atoms with Crippen LogP contribution in [0.3, 0.4) is 0 Å². The Morgan fingerprint density at radius 3 is 2.16 bits per heavy atom. The van der Waals surface area contributed by atoms with Crippen LogP contribution < -0.4 is 0 Å². The minimum atomic E-state index is -0.672. The summed E-state index contributed by atoms with van der Waals surface area (Å²) in [6.07, 6.45) is 7.87. The maximum absolute atomic E-state index is 4.97. The summed E-state index contributed by atoms with van der Waals surface area (Å²) >= 11 is 3.60. The van der Waals surface area contributed by atoms with Crippen LogP contribution in [0.25, 0.3) is 21.9 Å². The van der Waals surface area contributed by atoms with Crippen molar-refractivity contribution in [3.05, 3.63) is 131 Å². The zero-order valence-electron chi connectivity index (χ0n) is 17.7. The highest BCUT2D eigenvalue weighted by molar-refractivity contribution is 9.10. The van der Waals surface area contributed by atoms with Crippen LogP contribution in [0.2, 0.25) is 0 Å². The Hall–Kier alpha value is -3.50. The smallest absolute Gasteiger partial charge is 0.143 e. The first-order valence-corrected chi connectivity index (χ1v) is 11.3. The summed E-state index contributed by atoms with van der Waals surface area (Å²) in [5, 5.41) is 2.13. The van der Waals surface area contributed by atoms with E-state index in [1.54, 1.807) is 0 Å². The first-order valence-electron chi connectivity index (χ1n) is 10.5. The highest BCUT2D eigenvalue weighted by Crippen LogP contribution is 2.46. The Morgan fingerprint density at radius 1 is 0.906 bits per heavy atom. The van der Waals surface area contributed by atoms with Crippen LogP contribution in [0, 0.1) is 0 Å². The van der Waals surface area contributed by atoms with Gasteiger partial charge in [-0.05, 0) is 57.8 Å². The standard InChI is InChI=1S/C28H22BrN3/c1-3-20(4-2)28(21-11-7-5-8-12-21,22-13-9-6-10-14-22)32-25-17-18-30-19-24(25)23-15-16-26(29)31-27(23)32/h3-19H,1H2,2H3/b20-4+. The van der Waals surface area contributed by atoms with E-state index >= 15 is 0 Å². The van der Waals surface area contributed by atoms with Crippen molar-refractivity contribution in [1.29, 1.82) is 0 Å². The van der Waals surface area contributed by atoms with Gasteiger partial charge in [0.25, 0.3) is 0 Å². The number of hydrogen-bond donors (Lipinski definition) is 0. The number of aromatic nitrogens is 3. The molecule has 3 nitrogen and oxygen atoms in total. The van der Waals surface area contributed by atoms with Crippen LogP contribution in [0.1, 0.15) is 18.1 Å². The van der Waals surface area contributed by atoms with E-state index in [0.29, 0.717) is 0 Å². The largest absolute Gasteiger partial charge is 0.307 e. The second-order valence-corrected chi connectivity index (χ2v) is 8.44. The Labute approximate surface area is 195 Å². The molecule has 5 aromatic rings. The lowest BCUT2D eigenvalue weighted by Crippen LogP contribution is -2.38. The molecule has 0 aliphatic heterocycles. The number of rotatable bonds is 5. The molecule has 0 aliphatic carbocycles. The van der Waals surface area contributed by atoms with Gasteiger partial charge in [0.1, 0.15) is 15.8 Å². The van der Waals surface area contributed by atoms with E-state index in [9.17, 15) is 0 Å². The van der Waals surface area contributed by atoms with Crippen molar-refractivity contribution >= 4 is 37.9 Å². The average Bonchev–Trinajstić information content (AvgIpc) is 3.17. The minimum absolute atomic E-state index is 0.672. The SMILES string of the molecule is C=C/C(=C\C)C(c1ccccc1)(c1ccccc1)n1c2ccncc2c2ccc(Br)nc21. The van der Waals surface area contributed by atoms with Crippen LogP contribution in [0.4, 0.5) is 0 Å². The molecule has 156 valence electrons. The summed E-state index contributed by atoms with van der Waals surface area (Å²) < 4.78 is 3.13. The van der Waals surface area contributed by atoms with Crippen LogP contribution in [-0.4, -0.2) is 14.5 Å². The van der Waals surface area contributed by atoms with E-state index in [4.69, 9.17) is 4.98 Å². The fourth-order valence-electron chi connectivity index (χ4n) is 4.77. The van der Waals surface area contributed by atoms with E-state index in [2.05, 4.69) is 106 Å². The maximum atomic E-state index is 4.97. The van der Waals surface area contributed by atoms with Crippen molar-refractivity contribution < 1.29 is 0 Å². The second kappa shape index (κ2) is 8.21. The van der Waals surface area contributed by atoms with Gasteiger partial charge < -0.3 is 4.57 Å². The molecule has 2 aromatic carbocycles. The normalized spacial score (nSPS) is 12.4. The molecule has 5 rings (SSSR count). The Bertz CT molecular complexity index is 1410. The van der Waals surface area contributed by atoms with Gasteiger partial charge in [-0.25, -0.2) is 4.98 Å². The first kappa shape index (κ1) is 20.4. The Kier molecular flexibility index (Phi) is 5.24. The summed E-state index contributed by atoms with van der Waals surface area (Å²) in [6, 6.07) is 27.3. The number of hydrogen-bond acceptors (Lipinski definition) is 2. The van der Waals surface area contributed by atoms with Crippen molar-refractivity contribution in [2.75, 3.05) is 0 Å². The average molecular weight is 480 g/mol. The van der Waals surface area contributed by atoms with Crippen LogP contribution in [-0.2, 0) is 5.54 Å². The van der Waals surface area contributed by atoms with Gasteiger partial charge >= 0.3 is 0 Å². The molecule has 0 aliphatic rings. The van der Waals surface area contributed by atoms with E-state index in [1.807, 2.05) is 36.7 Å². The lowest BCUT2D eigenvalue weighted by molar-refractivity contribution is 0.543. The fourth-order valence-corrected chi connectivity index (χ4v) is 5.07. The summed E-state index contributed by atoms with van der Waals surface area (Å²) in [4.78, 5) is 9.39. The highest BCUT2D eigenvalue weighted by atomic mass is 79.9. The van der Waals surface area contributed by atoms with Crippen LogP contribution in [0.15, 0.2) is 120 Å². The zero-order chi connectivity index (χ0) is 22.1. The van der Waals surface area contributed by atoms with E-state index in [-0.39, 0.29) is 0 Å². The molecule has 0 fully saturated rings. The molecule has 3 heterocycles. The lowest BCUT2D eigenvalue weighted by Gasteiger charge is -2.39. The van der Waals surface area contributed by atoms with Crippen molar-refractivity contribution in [2.24, 2.45) is 0 Å². The van der Waals surface area contributed by atoms with Crippen molar-refractivity contribution in [1.82, 2.24) is 14.5 Å². The molecular formula is C28H22BrN3. The minimum Gasteiger partial charge on any atom is -0.307 e. The van der Waals surface area contributed by atoms with Crippen molar-refractivity contribution in [2.45, 2.75) is 12.5 Å². The molecule has 32 heavy (non-hydrogen) atoms. The quantitative estimate of drug-likeness (QED) is 0.196. The van der Waals surface area contributed by atoms with Gasteiger partial charge in [-0.15, -0.1) is 0 Å². The predicted molar refractivity (Wildman–Crippen MR) is 136 cm³/mol. The summed E-state index contributed by atoms with van der Waals surface area (Å²) in [7, 11) is 0. The molecule has 0 radical (unpaired) electrons. The van der Waals surface area contributed by atoms with Crippen molar-refractivity contribution in [3.63, 3.8) is 0 Å². The Balaban J connectivity index is 2.09. The monoisotopic (exact) mass is 479 g/mol. The van der Waals surface area contributed by atoms with Gasteiger partial charge in [-0.2, -0.15) is 0 Å². The maximum Gasteiger partial charge on any atom is 0.143 e. The predicted octanol–water partition coefficient (Wildman–Crippen LogP) is 7.27. The van der Waals surface area contributed by atoms with Gasteiger partial charge in [-0.3, -0.25) is 4.98 Å². The van der Waals surface area contributed by atoms with Crippen LogP contribution in [0.5, 0.6) is 0 Å². The van der Waals surface area contributed by atoms with Gasteiger partial charge in [0.05, 0.1) is 5.52 Å². The van der Waals surface area contributed by atoms with Gasteiger partial charge in [0, 0.05) is 23.2 Å². The molecule has 3 aromatic heterocycles. The molecule has 0 N–H and O–H groups in total. The van der Waals surface area contributed by atoms with Gasteiger partial charge in [0.2, 0.25) is 0 Å². The molecule has 0 bridgehead atoms. The lowest BCUT2D eigenvalue weighted by atomic mass is 9.76. The highest BCUT2D eigenvalue weighted by Gasteiger charge is 2.41. The van der Waals surface area contributed by atoms with E-state index < -0.39 is 5.54 Å². The molecular weight excluding hydrogens is 458 g/mol. The third-order valence-corrected chi connectivity index (χ3v) is 6.49. The van der Waals surface area contributed by atoms with Gasteiger partial charge in [-0.1, -0.05) is 79.4 Å². The Morgan fingerprint density at radius 2 is 1.56 bits per heavy atom. The zero-order valence-corrected chi connectivity index (χ0v) is 19.3. The second-order valence-electron chi connectivity index (χ2n) is 7.62. The summed E-state index contributed by atoms with van der Waals surface area (Å²) in [6.45, 7) is 6.28. The van der Waals surface area contributed by atoms with E-state index in [0.717, 1.165) is 43.2 Å². The van der Waals surface area contributed by atoms with Gasteiger partial charge in [0.15, 0.2) is 0 Å². The van der Waals surface area contributed by atoms with Crippen molar-refractivity contribution in [3.8, 4) is 0 Å². The third-order valence-electron chi connectivity index (χ3n) is 6.05. The molecule has 0 saturated heterocycles.